The molecule has 3 nitrogen and oxygen atoms in total. The van der Waals surface area contributed by atoms with Crippen molar-refractivity contribution in [1.29, 1.82) is 0 Å². The number of rotatable bonds is 4. The van der Waals surface area contributed by atoms with Gasteiger partial charge in [0.15, 0.2) is 5.82 Å². The van der Waals surface area contributed by atoms with E-state index < -0.39 is 0 Å². The number of aromatic nitrogens is 3. The van der Waals surface area contributed by atoms with Crippen LogP contribution < -0.4 is 0 Å². The smallest absolute Gasteiger partial charge is 0.161 e. The summed E-state index contributed by atoms with van der Waals surface area (Å²) in [4.78, 5) is 10.2. The van der Waals surface area contributed by atoms with Gasteiger partial charge in [0.25, 0.3) is 0 Å². The lowest BCUT2D eigenvalue weighted by Crippen LogP contribution is -1.96. The maximum Gasteiger partial charge on any atom is 0.161 e. The monoisotopic (exact) mass is 623 g/mol. The van der Waals surface area contributed by atoms with Crippen LogP contribution in [0.3, 0.4) is 0 Å². The second-order valence-corrected chi connectivity index (χ2v) is 12.6. The Morgan fingerprint density at radius 2 is 0.959 bits per heavy atom. The normalized spacial score (nSPS) is 11.7. The summed E-state index contributed by atoms with van der Waals surface area (Å²) >= 11 is 0. The molecule has 8 aromatic carbocycles. The Bertz CT molecular complexity index is 2820. The van der Waals surface area contributed by atoms with Crippen molar-refractivity contribution < 1.29 is 0 Å². The van der Waals surface area contributed by atoms with E-state index in [-0.39, 0.29) is 0 Å². The topological polar surface area (TPSA) is 30.7 Å². The molecule has 228 valence electrons. The molecule has 2 aromatic heterocycles. The van der Waals surface area contributed by atoms with Crippen molar-refractivity contribution in [3.8, 4) is 39.5 Å². The first kappa shape index (κ1) is 27.5. The van der Waals surface area contributed by atoms with E-state index in [1.54, 1.807) is 0 Å². The van der Waals surface area contributed by atoms with Crippen LogP contribution in [0.1, 0.15) is 0 Å². The van der Waals surface area contributed by atoms with Crippen LogP contribution in [0.2, 0.25) is 0 Å². The van der Waals surface area contributed by atoms with Gasteiger partial charge in [0.05, 0.1) is 22.2 Å². The quantitative estimate of drug-likeness (QED) is 0.195. The van der Waals surface area contributed by atoms with Crippen molar-refractivity contribution >= 4 is 54.3 Å². The number of benzene rings is 8. The summed E-state index contributed by atoms with van der Waals surface area (Å²) in [5.74, 6) is 0.740. The van der Waals surface area contributed by atoms with E-state index in [0.29, 0.717) is 0 Å². The molecule has 10 rings (SSSR count). The highest BCUT2D eigenvalue weighted by Crippen LogP contribution is 2.36. The summed E-state index contributed by atoms with van der Waals surface area (Å²) in [5.41, 5.74) is 9.96. The van der Waals surface area contributed by atoms with E-state index in [1.807, 2.05) is 6.07 Å². The molecule has 0 aliphatic carbocycles. The summed E-state index contributed by atoms with van der Waals surface area (Å²) in [5, 5.41) is 8.36. The molecule has 0 amide bonds. The molecule has 0 unspecified atom stereocenters. The van der Waals surface area contributed by atoms with Gasteiger partial charge in [-0.1, -0.05) is 140 Å². The lowest BCUT2D eigenvalue weighted by Gasteiger charge is -2.12. The minimum absolute atomic E-state index is 0.740. The van der Waals surface area contributed by atoms with Gasteiger partial charge >= 0.3 is 0 Å². The third-order valence-corrected chi connectivity index (χ3v) is 9.79. The Balaban J connectivity index is 1.03. The number of para-hydroxylation sites is 3. The van der Waals surface area contributed by atoms with Gasteiger partial charge in [0.1, 0.15) is 0 Å². The standard InChI is InChI=1S/C46H29N3/c1-2-12-37-31(10-1)11-9-16-40(37)46-47-42-17-6-3-15-41(42)45(48-46)32-22-20-30(21-23-32)33-24-25-35-29-36(27-26-34(35)28-33)49-43-18-7-4-13-38(43)39-14-5-8-19-44(39)49/h1-29H. The molecule has 3 heteroatoms. The van der Waals surface area contributed by atoms with E-state index >= 15 is 0 Å². The second kappa shape index (κ2) is 11.0. The number of fused-ring (bicyclic) bond motifs is 6. The van der Waals surface area contributed by atoms with E-state index in [0.717, 1.165) is 38.9 Å². The Morgan fingerprint density at radius 1 is 0.367 bits per heavy atom. The molecule has 0 aliphatic heterocycles. The number of hydrogen-bond acceptors (Lipinski definition) is 2. The predicted molar refractivity (Wildman–Crippen MR) is 205 cm³/mol. The molecule has 2 heterocycles. The van der Waals surface area contributed by atoms with E-state index in [1.165, 1.54) is 54.8 Å². The fourth-order valence-electron chi connectivity index (χ4n) is 7.41. The van der Waals surface area contributed by atoms with Gasteiger partial charge in [-0.2, -0.15) is 0 Å². The highest BCUT2D eigenvalue weighted by molar-refractivity contribution is 6.09. The molecule has 0 atom stereocenters. The summed E-state index contributed by atoms with van der Waals surface area (Å²) in [7, 11) is 0. The van der Waals surface area contributed by atoms with Crippen LogP contribution in [0.25, 0.3) is 93.7 Å². The summed E-state index contributed by atoms with van der Waals surface area (Å²) < 4.78 is 2.37. The van der Waals surface area contributed by atoms with Crippen molar-refractivity contribution in [3.63, 3.8) is 0 Å². The highest BCUT2D eigenvalue weighted by Gasteiger charge is 2.15. The first-order valence-electron chi connectivity index (χ1n) is 16.7. The Labute approximate surface area is 283 Å². The van der Waals surface area contributed by atoms with Crippen LogP contribution in [0.5, 0.6) is 0 Å². The number of hydrogen-bond donors (Lipinski definition) is 0. The molecular weight excluding hydrogens is 595 g/mol. The maximum atomic E-state index is 5.19. The lowest BCUT2D eigenvalue weighted by molar-refractivity contribution is 1.19. The van der Waals surface area contributed by atoms with Crippen LogP contribution in [-0.4, -0.2) is 14.5 Å². The molecule has 0 fully saturated rings. The van der Waals surface area contributed by atoms with E-state index in [4.69, 9.17) is 9.97 Å². The van der Waals surface area contributed by atoms with Gasteiger partial charge < -0.3 is 4.57 Å². The van der Waals surface area contributed by atoms with Gasteiger partial charge in [-0.05, 0) is 69.1 Å². The molecular formula is C46H29N3. The van der Waals surface area contributed by atoms with Crippen LogP contribution in [-0.2, 0) is 0 Å². The zero-order valence-corrected chi connectivity index (χ0v) is 26.6. The molecule has 0 saturated carbocycles. The zero-order chi connectivity index (χ0) is 32.3. The third kappa shape index (κ3) is 4.51. The van der Waals surface area contributed by atoms with Gasteiger partial charge in [0, 0.05) is 33.0 Å². The lowest BCUT2D eigenvalue weighted by atomic mass is 9.98. The molecule has 10 aromatic rings. The van der Waals surface area contributed by atoms with E-state index in [9.17, 15) is 0 Å². The molecule has 0 aliphatic rings. The van der Waals surface area contributed by atoms with Crippen molar-refractivity contribution in [2.24, 2.45) is 0 Å². The zero-order valence-electron chi connectivity index (χ0n) is 26.6. The molecule has 0 radical (unpaired) electrons. The van der Waals surface area contributed by atoms with Crippen molar-refractivity contribution in [2.45, 2.75) is 0 Å². The van der Waals surface area contributed by atoms with Crippen molar-refractivity contribution in [3.05, 3.63) is 176 Å². The third-order valence-electron chi connectivity index (χ3n) is 9.79. The number of nitrogens with zero attached hydrogens (tertiary/aromatic N) is 3. The second-order valence-electron chi connectivity index (χ2n) is 12.6. The van der Waals surface area contributed by atoms with Crippen molar-refractivity contribution in [1.82, 2.24) is 14.5 Å². The maximum absolute atomic E-state index is 5.19. The largest absolute Gasteiger partial charge is 0.309 e. The van der Waals surface area contributed by atoms with Crippen molar-refractivity contribution in [2.75, 3.05) is 0 Å². The predicted octanol–water partition coefficient (Wildman–Crippen LogP) is 12.0. The molecule has 49 heavy (non-hydrogen) atoms. The molecule has 0 bridgehead atoms. The first-order valence-corrected chi connectivity index (χ1v) is 16.7. The van der Waals surface area contributed by atoms with Crippen LogP contribution in [0, 0.1) is 0 Å². The first-order chi connectivity index (χ1) is 24.3. The van der Waals surface area contributed by atoms with Gasteiger partial charge in [-0.3, -0.25) is 0 Å². The fraction of sp³-hybridized carbons (Fsp3) is 0. The van der Waals surface area contributed by atoms with E-state index in [2.05, 4.69) is 174 Å². The highest BCUT2D eigenvalue weighted by atomic mass is 15.0. The Hall–Kier alpha value is -6.58. The minimum atomic E-state index is 0.740. The summed E-state index contributed by atoms with van der Waals surface area (Å²) in [6.07, 6.45) is 0. The SMILES string of the molecule is c1ccc2c(-c3nc(-c4ccc(-c5ccc6cc(-n7c8ccccc8c8ccccc87)ccc6c5)cc4)c4ccccc4n3)cccc2c1. The fourth-order valence-corrected chi connectivity index (χ4v) is 7.41. The van der Waals surface area contributed by atoms with Crippen LogP contribution in [0.15, 0.2) is 176 Å². The van der Waals surface area contributed by atoms with Gasteiger partial charge in [0.2, 0.25) is 0 Å². The average molecular weight is 624 g/mol. The molecule has 0 spiro atoms. The van der Waals surface area contributed by atoms with Crippen LogP contribution >= 0.6 is 0 Å². The van der Waals surface area contributed by atoms with Crippen LogP contribution in [0.4, 0.5) is 0 Å². The summed E-state index contributed by atoms with van der Waals surface area (Å²) in [6, 6.07) is 62.7. The average Bonchev–Trinajstić information content (AvgIpc) is 3.51. The minimum Gasteiger partial charge on any atom is -0.309 e. The van der Waals surface area contributed by atoms with Gasteiger partial charge in [-0.15, -0.1) is 0 Å². The molecule has 0 saturated heterocycles. The van der Waals surface area contributed by atoms with Gasteiger partial charge in [-0.25, -0.2) is 9.97 Å². The Kier molecular flexibility index (Phi) is 6.18. The summed E-state index contributed by atoms with van der Waals surface area (Å²) in [6.45, 7) is 0. The molecule has 0 N–H and O–H groups in total. The Morgan fingerprint density at radius 3 is 1.76 bits per heavy atom.